The Bertz CT molecular complexity index is 213. The molecule has 0 aromatic heterocycles. The maximum Gasteiger partial charge on any atom is 0.0710 e. The van der Waals surface area contributed by atoms with Crippen molar-refractivity contribution in [1.82, 2.24) is 10.2 Å². The fourth-order valence-corrected chi connectivity index (χ4v) is 2.84. The molecule has 0 aromatic rings. The zero-order valence-electron chi connectivity index (χ0n) is 10.4. The molecule has 2 aliphatic heterocycles. The summed E-state index contributed by atoms with van der Waals surface area (Å²) >= 11 is 0. The van der Waals surface area contributed by atoms with Gasteiger partial charge in [-0.05, 0) is 19.9 Å². The summed E-state index contributed by atoms with van der Waals surface area (Å²) in [5.74, 6) is 0.634. The SMILES string of the molecule is CNC1CCOCC1CN1CCC(OC)C1. The van der Waals surface area contributed by atoms with Crippen molar-refractivity contribution < 1.29 is 9.47 Å². The molecule has 0 amide bonds. The molecule has 2 saturated heterocycles. The van der Waals surface area contributed by atoms with Crippen LogP contribution >= 0.6 is 0 Å². The third-order valence-corrected chi connectivity index (χ3v) is 3.90. The van der Waals surface area contributed by atoms with Crippen molar-refractivity contribution in [2.24, 2.45) is 5.92 Å². The van der Waals surface area contributed by atoms with Crippen LogP contribution in [0.1, 0.15) is 12.8 Å². The second-order valence-electron chi connectivity index (χ2n) is 4.92. The van der Waals surface area contributed by atoms with E-state index in [2.05, 4.69) is 17.3 Å². The molecular formula is C12H24N2O2. The number of nitrogens with one attached hydrogen (secondary N) is 1. The fourth-order valence-electron chi connectivity index (χ4n) is 2.84. The molecule has 3 unspecified atom stereocenters. The van der Waals surface area contributed by atoms with Crippen LogP contribution in [0.2, 0.25) is 0 Å². The first kappa shape index (κ1) is 12.3. The lowest BCUT2D eigenvalue weighted by molar-refractivity contribution is 0.0188. The van der Waals surface area contributed by atoms with Gasteiger partial charge in [0.2, 0.25) is 0 Å². The maximum absolute atomic E-state index is 5.58. The van der Waals surface area contributed by atoms with Crippen molar-refractivity contribution in [1.29, 1.82) is 0 Å². The Balaban J connectivity index is 1.79. The number of rotatable bonds is 4. The van der Waals surface area contributed by atoms with Crippen LogP contribution in [0, 0.1) is 5.92 Å². The average Bonchev–Trinajstić information content (AvgIpc) is 2.77. The molecule has 1 N–H and O–H groups in total. The smallest absolute Gasteiger partial charge is 0.0710 e. The summed E-state index contributed by atoms with van der Waals surface area (Å²) in [7, 11) is 3.87. The second-order valence-corrected chi connectivity index (χ2v) is 4.92. The molecule has 0 aromatic carbocycles. The maximum atomic E-state index is 5.58. The Morgan fingerprint density at radius 2 is 2.31 bits per heavy atom. The topological polar surface area (TPSA) is 33.7 Å². The molecule has 4 heteroatoms. The van der Waals surface area contributed by atoms with Crippen molar-refractivity contribution in [3.8, 4) is 0 Å². The summed E-state index contributed by atoms with van der Waals surface area (Å²) in [5, 5.41) is 3.42. The van der Waals surface area contributed by atoms with Gasteiger partial charge in [-0.2, -0.15) is 0 Å². The van der Waals surface area contributed by atoms with Gasteiger partial charge in [0.25, 0.3) is 0 Å². The van der Waals surface area contributed by atoms with E-state index < -0.39 is 0 Å². The minimum Gasteiger partial charge on any atom is -0.381 e. The van der Waals surface area contributed by atoms with E-state index in [1.165, 1.54) is 13.0 Å². The van der Waals surface area contributed by atoms with E-state index in [-0.39, 0.29) is 0 Å². The fraction of sp³-hybridized carbons (Fsp3) is 1.00. The predicted octanol–water partition coefficient (Wildman–Crippen LogP) is 0.332. The highest BCUT2D eigenvalue weighted by Gasteiger charge is 2.29. The lowest BCUT2D eigenvalue weighted by Crippen LogP contribution is -2.46. The molecule has 0 spiro atoms. The van der Waals surface area contributed by atoms with E-state index in [1.807, 2.05) is 7.11 Å². The van der Waals surface area contributed by atoms with E-state index in [9.17, 15) is 0 Å². The van der Waals surface area contributed by atoms with Gasteiger partial charge in [-0.15, -0.1) is 0 Å². The van der Waals surface area contributed by atoms with Crippen molar-refractivity contribution >= 4 is 0 Å². The van der Waals surface area contributed by atoms with Crippen LogP contribution in [0.3, 0.4) is 0 Å². The molecule has 94 valence electrons. The number of nitrogens with zero attached hydrogens (tertiary/aromatic N) is 1. The zero-order valence-corrected chi connectivity index (χ0v) is 10.4. The number of likely N-dealkylation sites (tertiary alicyclic amines) is 1. The molecular weight excluding hydrogens is 204 g/mol. The average molecular weight is 228 g/mol. The first-order valence-electron chi connectivity index (χ1n) is 6.33. The molecule has 0 aliphatic carbocycles. The molecule has 16 heavy (non-hydrogen) atoms. The van der Waals surface area contributed by atoms with Gasteiger partial charge in [0.15, 0.2) is 0 Å². The van der Waals surface area contributed by atoms with Gasteiger partial charge in [-0.3, -0.25) is 0 Å². The van der Waals surface area contributed by atoms with Crippen molar-refractivity contribution in [3.05, 3.63) is 0 Å². The summed E-state index contributed by atoms with van der Waals surface area (Å²) in [5.41, 5.74) is 0. The zero-order chi connectivity index (χ0) is 11.4. The molecule has 0 saturated carbocycles. The molecule has 4 nitrogen and oxygen atoms in total. The predicted molar refractivity (Wildman–Crippen MR) is 63.6 cm³/mol. The Hall–Kier alpha value is -0.160. The monoisotopic (exact) mass is 228 g/mol. The van der Waals surface area contributed by atoms with Crippen LogP contribution in [-0.2, 0) is 9.47 Å². The standard InChI is InChI=1S/C12H24N2O2/c1-13-12-4-6-16-9-10(12)7-14-5-3-11(8-14)15-2/h10-13H,3-9H2,1-2H3. The van der Waals surface area contributed by atoms with Crippen LogP contribution in [0.15, 0.2) is 0 Å². The summed E-state index contributed by atoms with van der Waals surface area (Å²) in [6, 6.07) is 0.621. The van der Waals surface area contributed by atoms with Crippen molar-refractivity contribution in [2.45, 2.75) is 25.0 Å². The summed E-state index contributed by atoms with van der Waals surface area (Å²) < 4.78 is 11.0. The van der Waals surface area contributed by atoms with E-state index in [0.29, 0.717) is 18.1 Å². The number of hydrogen-bond acceptors (Lipinski definition) is 4. The Labute approximate surface area is 98.3 Å². The summed E-state index contributed by atoms with van der Waals surface area (Å²) in [6.07, 6.45) is 2.76. The van der Waals surface area contributed by atoms with Gasteiger partial charge in [0, 0.05) is 45.3 Å². The lowest BCUT2D eigenvalue weighted by Gasteiger charge is -2.34. The van der Waals surface area contributed by atoms with E-state index in [0.717, 1.165) is 32.7 Å². The van der Waals surface area contributed by atoms with Crippen LogP contribution in [0.5, 0.6) is 0 Å². The Morgan fingerprint density at radius 3 is 3.00 bits per heavy atom. The second kappa shape index (κ2) is 5.96. The highest BCUT2D eigenvalue weighted by molar-refractivity contribution is 4.84. The molecule has 3 atom stereocenters. The molecule has 2 aliphatic rings. The van der Waals surface area contributed by atoms with E-state index >= 15 is 0 Å². The van der Waals surface area contributed by atoms with Crippen LogP contribution in [-0.4, -0.2) is 64.1 Å². The normalized spacial score (nSPS) is 36.8. The highest BCUT2D eigenvalue weighted by atomic mass is 16.5. The van der Waals surface area contributed by atoms with E-state index in [4.69, 9.17) is 9.47 Å². The third-order valence-electron chi connectivity index (χ3n) is 3.90. The van der Waals surface area contributed by atoms with Gasteiger partial charge < -0.3 is 19.7 Å². The van der Waals surface area contributed by atoms with Gasteiger partial charge >= 0.3 is 0 Å². The molecule has 0 bridgehead atoms. The highest BCUT2D eigenvalue weighted by Crippen LogP contribution is 2.19. The minimum absolute atomic E-state index is 0.442. The quantitative estimate of drug-likeness (QED) is 0.752. The minimum atomic E-state index is 0.442. The number of ether oxygens (including phenoxy) is 2. The van der Waals surface area contributed by atoms with Gasteiger partial charge in [0.05, 0.1) is 12.7 Å². The number of methoxy groups -OCH3 is 1. The summed E-state index contributed by atoms with van der Waals surface area (Å²) in [4.78, 5) is 2.51. The lowest BCUT2D eigenvalue weighted by atomic mass is 9.95. The first-order valence-corrected chi connectivity index (χ1v) is 6.33. The largest absolute Gasteiger partial charge is 0.381 e. The van der Waals surface area contributed by atoms with Crippen LogP contribution in [0.4, 0.5) is 0 Å². The van der Waals surface area contributed by atoms with Gasteiger partial charge in [0.1, 0.15) is 0 Å². The van der Waals surface area contributed by atoms with Crippen molar-refractivity contribution in [3.63, 3.8) is 0 Å². The first-order chi connectivity index (χ1) is 7.83. The molecule has 2 rings (SSSR count). The van der Waals surface area contributed by atoms with Gasteiger partial charge in [-0.25, -0.2) is 0 Å². The van der Waals surface area contributed by atoms with Crippen LogP contribution in [0.25, 0.3) is 0 Å². The van der Waals surface area contributed by atoms with E-state index in [1.54, 1.807) is 0 Å². The Kier molecular flexibility index (Phi) is 4.58. The molecule has 2 fully saturated rings. The Morgan fingerprint density at radius 1 is 1.44 bits per heavy atom. The third kappa shape index (κ3) is 2.94. The summed E-state index contributed by atoms with van der Waals surface area (Å²) in [6.45, 7) is 5.21. The molecule has 0 radical (unpaired) electrons. The molecule has 2 heterocycles. The van der Waals surface area contributed by atoms with Crippen LogP contribution < -0.4 is 5.32 Å². The number of hydrogen-bond donors (Lipinski definition) is 1. The van der Waals surface area contributed by atoms with Gasteiger partial charge in [-0.1, -0.05) is 0 Å². The van der Waals surface area contributed by atoms with Crippen molar-refractivity contribution in [2.75, 3.05) is 47.0 Å².